The first-order valence-electron chi connectivity index (χ1n) is 4.96. The van der Waals surface area contributed by atoms with E-state index in [1.54, 1.807) is 6.92 Å². The van der Waals surface area contributed by atoms with E-state index in [1.807, 2.05) is 13.8 Å². The van der Waals surface area contributed by atoms with Crippen LogP contribution in [0.15, 0.2) is 0 Å². The minimum absolute atomic E-state index is 0.227. The van der Waals surface area contributed by atoms with Gasteiger partial charge in [-0.3, -0.25) is 4.79 Å². The first-order valence-corrected chi connectivity index (χ1v) is 4.96. The van der Waals surface area contributed by atoms with Crippen molar-refractivity contribution in [1.82, 2.24) is 0 Å². The lowest BCUT2D eigenvalue weighted by atomic mass is 9.80. The summed E-state index contributed by atoms with van der Waals surface area (Å²) in [4.78, 5) is 10.5. The highest BCUT2D eigenvalue weighted by Gasteiger charge is 2.31. The fourth-order valence-corrected chi connectivity index (χ4v) is 1.49. The van der Waals surface area contributed by atoms with E-state index in [0.717, 1.165) is 0 Å². The number of carboxylic acid groups (broad SMARTS) is 1. The Labute approximate surface area is 79.8 Å². The molecule has 1 saturated carbocycles. The lowest BCUT2D eigenvalue weighted by molar-refractivity contribution is -0.144. The Morgan fingerprint density at radius 2 is 1.69 bits per heavy atom. The molecule has 1 aliphatic rings. The molecule has 3 nitrogen and oxygen atoms in total. The Hall–Kier alpha value is -0.570. The smallest absolute Gasteiger partial charge is 0.306 e. The van der Waals surface area contributed by atoms with E-state index >= 15 is 0 Å². The van der Waals surface area contributed by atoms with Gasteiger partial charge in [-0.05, 0) is 32.6 Å². The number of rotatable bonds is 1. The lowest BCUT2D eigenvalue weighted by Gasteiger charge is -2.30. The van der Waals surface area contributed by atoms with Crippen LogP contribution >= 0.6 is 0 Å². The van der Waals surface area contributed by atoms with E-state index in [1.165, 1.54) is 0 Å². The Morgan fingerprint density at radius 1 is 1.31 bits per heavy atom. The van der Waals surface area contributed by atoms with Gasteiger partial charge in [-0.1, -0.05) is 13.8 Å². The summed E-state index contributed by atoms with van der Waals surface area (Å²) < 4.78 is 0. The number of hydrogen-bond donors (Lipinski definition) is 2. The first-order chi connectivity index (χ1) is 6.01. The van der Waals surface area contributed by atoms with Gasteiger partial charge in [0, 0.05) is 0 Å². The zero-order chi connectivity index (χ0) is 10.5. The van der Waals surface area contributed by atoms with E-state index in [4.69, 9.17) is 5.11 Å². The van der Waals surface area contributed by atoms with Crippen LogP contribution in [-0.2, 0) is 4.79 Å². The Bertz CT molecular complexity index is 154. The molecule has 0 bridgehead atoms. The summed E-state index contributed by atoms with van der Waals surface area (Å²) in [5.41, 5.74) is -0.619. The molecule has 0 heterocycles. The summed E-state index contributed by atoms with van der Waals surface area (Å²) in [7, 11) is 0. The highest BCUT2D eigenvalue weighted by molar-refractivity contribution is 5.70. The van der Waals surface area contributed by atoms with E-state index in [9.17, 15) is 9.90 Å². The van der Waals surface area contributed by atoms with Crippen molar-refractivity contribution < 1.29 is 15.0 Å². The SMILES string of the molecule is CC.CC1(O)CCC(C(=O)O)CC1. The fraction of sp³-hybridized carbons (Fsp3) is 0.900. The molecule has 0 saturated heterocycles. The quantitative estimate of drug-likeness (QED) is 0.662. The molecule has 0 aromatic heterocycles. The molecule has 13 heavy (non-hydrogen) atoms. The van der Waals surface area contributed by atoms with Gasteiger partial charge in [0.1, 0.15) is 0 Å². The van der Waals surface area contributed by atoms with Gasteiger partial charge in [-0.25, -0.2) is 0 Å². The average molecular weight is 188 g/mol. The Balaban J connectivity index is 0.000000671. The molecule has 0 atom stereocenters. The molecule has 78 valence electrons. The van der Waals surface area contributed by atoms with Gasteiger partial charge >= 0.3 is 5.97 Å². The third kappa shape index (κ3) is 4.27. The molecule has 0 unspecified atom stereocenters. The summed E-state index contributed by atoms with van der Waals surface area (Å²) in [5, 5.41) is 18.1. The highest BCUT2D eigenvalue weighted by Crippen LogP contribution is 2.31. The maximum Gasteiger partial charge on any atom is 0.306 e. The summed E-state index contributed by atoms with van der Waals surface area (Å²) >= 11 is 0. The standard InChI is InChI=1S/C8H14O3.C2H6/c1-8(11)4-2-6(3-5-8)7(9)10;1-2/h6,11H,2-5H2,1H3,(H,9,10);1-2H3. The first kappa shape index (κ1) is 12.4. The van der Waals surface area contributed by atoms with Crippen LogP contribution in [0.5, 0.6) is 0 Å². The van der Waals surface area contributed by atoms with Crippen LogP contribution in [0.1, 0.15) is 46.5 Å². The Kier molecular flexibility index (Phi) is 4.99. The molecule has 0 aliphatic heterocycles. The van der Waals surface area contributed by atoms with E-state index in [2.05, 4.69) is 0 Å². The topological polar surface area (TPSA) is 57.5 Å². The second-order valence-corrected chi connectivity index (χ2v) is 3.61. The molecule has 3 heteroatoms. The molecule has 0 radical (unpaired) electrons. The lowest BCUT2D eigenvalue weighted by Crippen LogP contribution is -2.32. The molecule has 2 N–H and O–H groups in total. The van der Waals surface area contributed by atoms with Crippen LogP contribution in [0.4, 0.5) is 0 Å². The van der Waals surface area contributed by atoms with Crippen LogP contribution in [0.25, 0.3) is 0 Å². The summed E-state index contributed by atoms with van der Waals surface area (Å²) in [6.45, 7) is 5.77. The molecule has 1 fully saturated rings. The van der Waals surface area contributed by atoms with E-state index in [-0.39, 0.29) is 5.92 Å². The fourth-order valence-electron chi connectivity index (χ4n) is 1.49. The van der Waals surface area contributed by atoms with Gasteiger partial charge in [0.05, 0.1) is 11.5 Å². The maximum absolute atomic E-state index is 10.5. The average Bonchev–Trinajstić information content (AvgIpc) is 2.07. The number of carbonyl (C=O) groups is 1. The second kappa shape index (κ2) is 5.22. The van der Waals surface area contributed by atoms with Gasteiger partial charge in [-0.2, -0.15) is 0 Å². The highest BCUT2D eigenvalue weighted by atomic mass is 16.4. The summed E-state index contributed by atoms with van der Waals surface area (Å²) in [6.07, 6.45) is 2.46. The van der Waals surface area contributed by atoms with Crippen molar-refractivity contribution in [2.75, 3.05) is 0 Å². The van der Waals surface area contributed by atoms with Crippen LogP contribution in [0.3, 0.4) is 0 Å². The van der Waals surface area contributed by atoms with Crippen LogP contribution in [0, 0.1) is 5.92 Å². The minimum Gasteiger partial charge on any atom is -0.481 e. The van der Waals surface area contributed by atoms with Gasteiger partial charge in [-0.15, -0.1) is 0 Å². The molecular formula is C10H20O3. The van der Waals surface area contributed by atoms with Gasteiger partial charge < -0.3 is 10.2 Å². The second-order valence-electron chi connectivity index (χ2n) is 3.61. The predicted molar refractivity (Wildman–Crippen MR) is 51.6 cm³/mol. The number of aliphatic hydroxyl groups is 1. The monoisotopic (exact) mass is 188 g/mol. The minimum atomic E-state index is -0.722. The van der Waals surface area contributed by atoms with Crippen molar-refractivity contribution in [3.8, 4) is 0 Å². The zero-order valence-electron chi connectivity index (χ0n) is 8.71. The molecule has 0 aromatic rings. The van der Waals surface area contributed by atoms with Crippen LogP contribution in [0.2, 0.25) is 0 Å². The number of aliphatic carboxylic acids is 1. The molecule has 0 aromatic carbocycles. The third-order valence-corrected chi connectivity index (χ3v) is 2.41. The predicted octanol–water partition coefficient (Wildman–Crippen LogP) is 2.04. The number of hydrogen-bond acceptors (Lipinski definition) is 2. The van der Waals surface area contributed by atoms with E-state index < -0.39 is 11.6 Å². The zero-order valence-corrected chi connectivity index (χ0v) is 8.71. The van der Waals surface area contributed by atoms with E-state index in [0.29, 0.717) is 25.7 Å². The Morgan fingerprint density at radius 3 is 2.00 bits per heavy atom. The van der Waals surface area contributed by atoms with Crippen molar-refractivity contribution in [3.63, 3.8) is 0 Å². The van der Waals surface area contributed by atoms with Crippen molar-refractivity contribution in [2.24, 2.45) is 5.92 Å². The van der Waals surface area contributed by atoms with Crippen LogP contribution in [-0.4, -0.2) is 21.8 Å². The van der Waals surface area contributed by atoms with Crippen molar-refractivity contribution in [3.05, 3.63) is 0 Å². The third-order valence-electron chi connectivity index (χ3n) is 2.41. The van der Waals surface area contributed by atoms with Crippen LogP contribution < -0.4 is 0 Å². The number of carboxylic acids is 1. The molecule has 0 amide bonds. The summed E-state index contributed by atoms with van der Waals surface area (Å²) in [5.74, 6) is -0.948. The molecule has 1 rings (SSSR count). The van der Waals surface area contributed by atoms with Gasteiger partial charge in [0.25, 0.3) is 0 Å². The molecule has 1 aliphatic carbocycles. The van der Waals surface area contributed by atoms with Crippen molar-refractivity contribution >= 4 is 5.97 Å². The van der Waals surface area contributed by atoms with Gasteiger partial charge in [0.2, 0.25) is 0 Å². The van der Waals surface area contributed by atoms with Crippen molar-refractivity contribution in [1.29, 1.82) is 0 Å². The summed E-state index contributed by atoms with van der Waals surface area (Å²) in [6, 6.07) is 0. The largest absolute Gasteiger partial charge is 0.481 e. The maximum atomic E-state index is 10.5. The normalized spacial score (nSPS) is 33.1. The molecular weight excluding hydrogens is 168 g/mol. The molecule has 0 spiro atoms. The van der Waals surface area contributed by atoms with Crippen molar-refractivity contribution in [2.45, 2.75) is 52.1 Å². The van der Waals surface area contributed by atoms with Gasteiger partial charge in [0.15, 0.2) is 0 Å².